The Labute approximate surface area is 90.6 Å². The number of amides is 1. The zero-order valence-electron chi connectivity index (χ0n) is 9.49. The van der Waals surface area contributed by atoms with E-state index in [-0.39, 0.29) is 17.8 Å². The summed E-state index contributed by atoms with van der Waals surface area (Å²) in [5.41, 5.74) is 0. The molecule has 0 N–H and O–H groups in total. The third kappa shape index (κ3) is 3.90. The molecule has 0 aromatic rings. The number of likely N-dealkylation sites (tertiary alicyclic amines) is 1. The SMILES string of the molecule is CC(C)C(=O)OCCCN1CCCC1=O. The summed E-state index contributed by atoms with van der Waals surface area (Å²) < 4.78 is 5.02. The lowest BCUT2D eigenvalue weighted by Gasteiger charge is -2.15. The Hall–Kier alpha value is -1.06. The highest BCUT2D eigenvalue weighted by molar-refractivity contribution is 5.78. The molecular weight excluding hydrogens is 194 g/mol. The van der Waals surface area contributed by atoms with Gasteiger partial charge in [0, 0.05) is 19.5 Å². The van der Waals surface area contributed by atoms with Crippen LogP contribution < -0.4 is 0 Å². The van der Waals surface area contributed by atoms with Gasteiger partial charge in [0.15, 0.2) is 0 Å². The zero-order chi connectivity index (χ0) is 11.3. The van der Waals surface area contributed by atoms with Gasteiger partial charge in [-0.2, -0.15) is 0 Å². The summed E-state index contributed by atoms with van der Waals surface area (Å²) in [4.78, 5) is 24.2. The maximum absolute atomic E-state index is 11.2. The van der Waals surface area contributed by atoms with Gasteiger partial charge < -0.3 is 9.64 Å². The zero-order valence-corrected chi connectivity index (χ0v) is 9.49. The van der Waals surface area contributed by atoms with E-state index < -0.39 is 0 Å². The first-order chi connectivity index (χ1) is 7.11. The third-order valence-corrected chi connectivity index (χ3v) is 2.46. The molecule has 0 atom stereocenters. The van der Waals surface area contributed by atoms with Crippen LogP contribution in [0, 0.1) is 5.92 Å². The van der Waals surface area contributed by atoms with Crippen LogP contribution >= 0.6 is 0 Å². The summed E-state index contributed by atoms with van der Waals surface area (Å²) in [7, 11) is 0. The normalized spacial score (nSPS) is 16.2. The molecule has 1 fully saturated rings. The topological polar surface area (TPSA) is 46.6 Å². The van der Waals surface area contributed by atoms with Gasteiger partial charge in [-0.3, -0.25) is 9.59 Å². The predicted octanol–water partition coefficient (Wildman–Crippen LogP) is 1.20. The molecule has 15 heavy (non-hydrogen) atoms. The summed E-state index contributed by atoms with van der Waals surface area (Å²) in [5, 5.41) is 0. The number of carbonyl (C=O) groups is 2. The Bertz CT molecular complexity index is 238. The summed E-state index contributed by atoms with van der Waals surface area (Å²) >= 11 is 0. The van der Waals surface area contributed by atoms with Crippen LogP contribution in [0.2, 0.25) is 0 Å². The number of nitrogens with zero attached hydrogens (tertiary/aromatic N) is 1. The van der Waals surface area contributed by atoms with Crippen LogP contribution in [0.3, 0.4) is 0 Å². The number of rotatable bonds is 5. The lowest BCUT2D eigenvalue weighted by atomic mass is 10.2. The maximum Gasteiger partial charge on any atom is 0.308 e. The molecule has 86 valence electrons. The number of hydrogen-bond acceptors (Lipinski definition) is 3. The van der Waals surface area contributed by atoms with E-state index in [2.05, 4.69) is 0 Å². The first-order valence-electron chi connectivity index (χ1n) is 5.55. The summed E-state index contributed by atoms with van der Waals surface area (Å²) in [5.74, 6) is -0.00801. The Morgan fingerprint density at radius 2 is 2.27 bits per heavy atom. The van der Waals surface area contributed by atoms with E-state index in [0.29, 0.717) is 19.6 Å². The third-order valence-electron chi connectivity index (χ3n) is 2.46. The number of ether oxygens (including phenoxy) is 1. The van der Waals surface area contributed by atoms with Crippen molar-refractivity contribution in [1.29, 1.82) is 0 Å². The highest BCUT2D eigenvalue weighted by Crippen LogP contribution is 2.09. The summed E-state index contributed by atoms with van der Waals surface area (Å²) in [6, 6.07) is 0. The lowest BCUT2D eigenvalue weighted by molar-refractivity contribution is -0.147. The molecule has 4 heteroatoms. The van der Waals surface area contributed by atoms with E-state index in [1.54, 1.807) is 0 Å². The second-order valence-electron chi connectivity index (χ2n) is 4.16. The fraction of sp³-hybridized carbons (Fsp3) is 0.818. The molecule has 0 spiro atoms. The molecule has 1 heterocycles. The molecule has 0 aliphatic carbocycles. The second-order valence-corrected chi connectivity index (χ2v) is 4.16. The van der Waals surface area contributed by atoms with Crippen LogP contribution in [0.25, 0.3) is 0 Å². The lowest BCUT2D eigenvalue weighted by Crippen LogP contribution is -2.27. The van der Waals surface area contributed by atoms with Crippen molar-refractivity contribution < 1.29 is 14.3 Å². The van der Waals surface area contributed by atoms with Crippen molar-refractivity contribution in [3.63, 3.8) is 0 Å². The largest absolute Gasteiger partial charge is 0.465 e. The minimum atomic E-state index is -0.164. The van der Waals surface area contributed by atoms with E-state index in [0.717, 1.165) is 19.4 Å². The van der Waals surface area contributed by atoms with Gasteiger partial charge in [0.1, 0.15) is 0 Å². The Balaban J connectivity index is 2.06. The Morgan fingerprint density at radius 1 is 1.53 bits per heavy atom. The fourth-order valence-electron chi connectivity index (χ4n) is 1.54. The Kier molecular flexibility index (Phi) is 4.59. The van der Waals surface area contributed by atoms with Crippen molar-refractivity contribution in [2.24, 2.45) is 5.92 Å². The minimum Gasteiger partial charge on any atom is -0.465 e. The molecule has 1 aliphatic rings. The molecular formula is C11H19NO3. The first kappa shape index (κ1) is 12.0. The number of carbonyl (C=O) groups excluding carboxylic acids is 2. The highest BCUT2D eigenvalue weighted by Gasteiger charge is 2.19. The highest BCUT2D eigenvalue weighted by atomic mass is 16.5. The van der Waals surface area contributed by atoms with E-state index in [9.17, 15) is 9.59 Å². The van der Waals surface area contributed by atoms with Crippen LogP contribution in [0.5, 0.6) is 0 Å². The summed E-state index contributed by atoms with van der Waals surface area (Å²) in [6.45, 7) is 5.61. The van der Waals surface area contributed by atoms with Gasteiger partial charge in [-0.25, -0.2) is 0 Å². The molecule has 1 rings (SSSR count). The van der Waals surface area contributed by atoms with Crippen molar-refractivity contribution in [3.8, 4) is 0 Å². The smallest absolute Gasteiger partial charge is 0.308 e. The van der Waals surface area contributed by atoms with Gasteiger partial charge in [0.25, 0.3) is 0 Å². The average molecular weight is 213 g/mol. The molecule has 0 aromatic heterocycles. The first-order valence-corrected chi connectivity index (χ1v) is 5.55. The van der Waals surface area contributed by atoms with Crippen LogP contribution in [-0.4, -0.2) is 36.5 Å². The molecule has 0 radical (unpaired) electrons. The van der Waals surface area contributed by atoms with Gasteiger partial charge >= 0.3 is 5.97 Å². The molecule has 0 bridgehead atoms. The van der Waals surface area contributed by atoms with Gasteiger partial charge in [0.05, 0.1) is 12.5 Å². The van der Waals surface area contributed by atoms with Crippen molar-refractivity contribution in [2.45, 2.75) is 33.1 Å². The quantitative estimate of drug-likeness (QED) is 0.509. The molecule has 4 nitrogen and oxygen atoms in total. The molecule has 0 aromatic carbocycles. The van der Waals surface area contributed by atoms with Crippen LogP contribution in [-0.2, 0) is 14.3 Å². The van der Waals surface area contributed by atoms with Gasteiger partial charge in [0.2, 0.25) is 5.91 Å². The van der Waals surface area contributed by atoms with E-state index in [4.69, 9.17) is 4.74 Å². The van der Waals surface area contributed by atoms with Crippen LogP contribution in [0.4, 0.5) is 0 Å². The fourth-order valence-corrected chi connectivity index (χ4v) is 1.54. The van der Waals surface area contributed by atoms with Crippen molar-refractivity contribution >= 4 is 11.9 Å². The van der Waals surface area contributed by atoms with Crippen molar-refractivity contribution in [2.75, 3.05) is 19.7 Å². The minimum absolute atomic E-state index is 0.0709. The average Bonchev–Trinajstić information content (AvgIpc) is 2.58. The second kappa shape index (κ2) is 5.73. The van der Waals surface area contributed by atoms with Gasteiger partial charge in [-0.05, 0) is 12.8 Å². The van der Waals surface area contributed by atoms with Crippen molar-refractivity contribution in [3.05, 3.63) is 0 Å². The van der Waals surface area contributed by atoms with E-state index in [1.807, 2.05) is 18.7 Å². The monoisotopic (exact) mass is 213 g/mol. The van der Waals surface area contributed by atoms with E-state index in [1.165, 1.54) is 0 Å². The van der Waals surface area contributed by atoms with Crippen LogP contribution in [0.1, 0.15) is 33.1 Å². The standard InChI is InChI=1S/C11H19NO3/c1-9(2)11(14)15-8-4-7-12-6-3-5-10(12)13/h9H,3-8H2,1-2H3. The number of hydrogen-bond donors (Lipinski definition) is 0. The maximum atomic E-state index is 11.2. The van der Waals surface area contributed by atoms with Crippen molar-refractivity contribution in [1.82, 2.24) is 4.90 Å². The Morgan fingerprint density at radius 3 is 2.80 bits per heavy atom. The summed E-state index contributed by atoms with van der Waals surface area (Å²) in [6.07, 6.45) is 2.38. The molecule has 1 saturated heterocycles. The predicted molar refractivity (Wildman–Crippen MR) is 56.2 cm³/mol. The number of esters is 1. The molecule has 0 saturated carbocycles. The molecule has 0 unspecified atom stereocenters. The van der Waals surface area contributed by atoms with Crippen LogP contribution in [0.15, 0.2) is 0 Å². The van der Waals surface area contributed by atoms with Gasteiger partial charge in [-0.15, -0.1) is 0 Å². The molecule has 1 aliphatic heterocycles. The molecule has 1 amide bonds. The van der Waals surface area contributed by atoms with E-state index >= 15 is 0 Å². The van der Waals surface area contributed by atoms with Gasteiger partial charge in [-0.1, -0.05) is 13.8 Å².